The van der Waals surface area contributed by atoms with Gasteiger partial charge in [-0.3, -0.25) is 0 Å². The zero-order valence-electron chi connectivity index (χ0n) is 16.5. The third-order valence-corrected chi connectivity index (χ3v) is 4.57. The van der Waals surface area contributed by atoms with Gasteiger partial charge in [0, 0.05) is 56.4 Å². The molecule has 1 aliphatic heterocycles. The fraction of sp³-hybridized carbons (Fsp3) is 0.556. The van der Waals surface area contributed by atoms with Crippen LogP contribution in [0.1, 0.15) is 19.7 Å². The Labute approximate surface area is 167 Å². The molecule has 0 saturated carbocycles. The minimum atomic E-state index is -5.08. The Bertz CT molecular complexity index is 781. The van der Waals surface area contributed by atoms with Gasteiger partial charge in [0.05, 0.1) is 6.54 Å². The molecule has 1 unspecified atom stereocenters. The third kappa shape index (κ3) is 6.70. The number of carboxylic acids is 1. The molecular formula is C18H25F3N6O2. The van der Waals surface area contributed by atoms with E-state index in [2.05, 4.69) is 56.4 Å². The molecular weight excluding hydrogens is 389 g/mol. The lowest BCUT2D eigenvalue weighted by molar-refractivity contribution is -0.192. The van der Waals surface area contributed by atoms with E-state index in [1.807, 2.05) is 12.3 Å². The van der Waals surface area contributed by atoms with E-state index in [-0.39, 0.29) is 0 Å². The van der Waals surface area contributed by atoms with E-state index in [0.29, 0.717) is 12.0 Å². The monoisotopic (exact) mass is 414 g/mol. The van der Waals surface area contributed by atoms with E-state index >= 15 is 0 Å². The van der Waals surface area contributed by atoms with Crippen LogP contribution in [0, 0.1) is 5.92 Å². The van der Waals surface area contributed by atoms with Crippen LogP contribution in [-0.2, 0) is 17.9 Å². The third-order valence-electron chi connectivity index (χ3n) is 4.57. The van der Waals surface area contributed by atoms with E-state index in [4.69, 9.17) is 9.90 Å². The Morgan fingerprint density at radius 2 is 1.86 bits per heavy atom. The molecule has 0 bridgehead atoms. The smallest absolute Gasteiger partial charge is 0.475 e. The topological polar surface area (TPSA) is 87.4 Å². The van der Waals surface area contributed by atoms with Crippen molar-refractivity contribution in [3.8, 4) is 0 Å². The van der Waals surface area contributed by atoms with Gasteiger partial charge < -0.3 is 19.5 Å². The van der Waals surface area contributed by atoms with Crippen LogP contribution in [-0.4, -0.2) is 67.9 Å². The molecule has 11 heteroatoms. The number of alkyl halides is 3. The van der Waals surface area contributed by atoms with Crippen LogP contribution in [0.25, 0.3) is 0 Å². The van der Waals surface area contributed by atoms with Crippen molar-refractivity contribution in [1.82, 2.24) is 24.4 Å². The molecule has 0 spiro atoms. The van der Waals surface area contributed by atoms with Crippen molar-refractivity contribution in [1.29, 1.82) is 0 Å². The number of carboxylic acid groups (broad SMARTS) is 1. The number of aliphatic carboxylic acids is 1. The zero-order chi connectivity index (χ0) is 21.6. The van der Waals surface area contributed by atoms with Crippen molar-refractivity contribution in [2.75, 3.05) is 25.0 Å². The average Bonchev–Trinajstić information content (AvgIpc) is 3.00. The van der Waals surface area contributed by atoms with Crippen molar-refractivity contribution in [3.05, 3.63) is 36.7 Å². The van der Waals surface area contributed by atoms with E-state index < -0.39 is 12.1 Å². The van der Waals surface area contributed by atoms with Crippen LogP contribution >= 0.6 is 0 Å². The number of carbonyl (C=O) groups is 1. The quantitative estimate of drug-likeness (QED) is 0.821. The normalized spacial score (nSPS) is 16.8. The van der Waals surface area contributed by atoms with Gasteiger partial charge in [-0.05, 0) is 27.0 Å². The maximum absolute atomic E-state index is 10.6. The lowest BCUT2D eigenvalue weighted by Crippen LogP contribution is -2.38. The van der Waals surface area contributed by atoms with Crippen LogP contribution < -0.4 is 4.90 Å². The van der Waals surface area contributed by atoms with Gasteiger partial charge in [0.25, 0.3) is 0 Å². The summed E-state index contributed by atoms with van der Waals surface area (Å²) in [5, 5.41) is 7.12. The van der Waals surface area contributed by atoms with E-state index in [1.165, 1.54) is 0 Å². The highest BCUT2D eigenvalue weighted by Gasteiger charge is 2.38. The molecule has 0 amide bonds. The van der Waals surface area contributed by atoms with Gasteiger partial charge in [-0.15, -0.1) is 0 Å². The maximum atomic E-state index is 10.6. The molecule has 3 rings (SSSR count). The number of rotatable bonds is 4. The molecule has 0 fully saturated rings. The Balaban J connectivity index is 0.000000370. The first kappa shape index (κ1) is 22.6. The molecule has 1 aliphatic rings. The summed E-state index contributed by atoms with van der Waals surface area (Å²) < 4.78 is 34.0. The molecule has 0 aliphatic carbocycles. The van der Waals surface area contributed by atoms with Crippen LogP contribution in [0.2, 0.25) is 0 Å². The first-order chi connectivity index (χ1) is 13.6. The van der Waals surface area contributed by atoms with Crippen LogP contribution in [0.3, 0.4) is 0 Å². The van der Waals surface area contributed by atoms with Crippen LogP contribution in [0.15, 0.2) is 30.9 Å². The first-order valence-corrected chi connectivity index (χ1v) is 9.10. The fourth-order valence-corrected chi connectivity index (χ4v) is 2.88. The average molecular weight is 414 g/mol. The minimum Gasteiger partial charge on any atom is -0.475 e. The van der Waals surface area contributed by atoms with E-state index in [9.17, 15) is 13.2 Å². The number of halogens is 3. The summed E-state index contributed by atoms with van der Waals surface area (Å²) in [6, 6.07) is 2.40. The second kappa shape index (κ2) is 9.68. The number of hydrogen-bond donors (Lipinski definition) is 1. The Kier molecular flexibility index (Phi) is 7.54. The predicted molar refractivity (Wildman–Crippen MR) is 100 cm³/mol. The van der Waals surface area contributed by atoms with Crippen LogP contribution in [0.5, 0.6) is 0 Å². The van der Waals surface area contributed by atoms with Gasteiger partial charge in [-0.2, -0.15) is 13.2 Å². The molecule has 29 heavy (non-hydrogen) atoms. The summed E-state index contributed by atoms with van der Waals surface area (Å²) >= 11 is 0. The van der Waals surface area contributed by atoms with E-state index in [0.717, 1.165) is 38.0 Å². The Morgan fingerprint density at radius 3 is 2.41 bits per heavy atom. The molecule has 0 saturated heterocycles. The molecule has 1 N–H and O–H groups in total. The highest BCUT2D eigenvalue weighted by Crippen LogP contribution is 2.20. The van der Waals surface area contributed by atoms with Gasteiger partial charge in [-0.25, -0.2) is 19.7 Å². The number of aromatic nitrogens is 4. The highest BCUT2D eigenvalue weighted by molar-refractivity contribution is 5.73. The lowest BCUT2D eigenvalue weighted by Gasteiger charge is -2.29. The van der Waals surface area contributed by atoms with Gasteiger partial charge in [0.15, 0.2) is 0 Å². The summed E-state index contributed by atoms with van der Waals surface area (Å²) in [4.78, 5) is 26.9. The number of nitrogens with zero attached hydrogens (tertiary/aromatic N) is 6. The second-order valence-corrected chi connectivity index (χ2v) is 7.13. The Morgan fingerprint density at radius 1 is 1.24 bits per heavy atom. The molecule has 8 nitrogen and oxygen atoms in total. The number of hydrogen-bond acceptors (Lipinski definition) is 6. The number of anilines is 1. The maximum Gasteiger partial charge on any atom is 0.490 e. The molecule has 0 radical (unpaired) electrons. The van der Waals surface area contributed by atoms with Gasteiger partial charge in [0.2, 0.25) is 5.95 Å². The molecule has 2 aromatic rings. The van der Waals surface area contributed by atoms with Crippen molar-refractivity contribution in [2.45, 2.75) is 39.2 Å². The predicted octanol–water partition coefficient (Wildman–Crippen LogP) is 2.28. The van der Waals surface area contributed by atoms with Crippen LogP contribution in [0.4, 0.5) is 19.1 Å². The molecule has 0 aromatic carbocycles. The molecule has 1 atom stereocenters. The molecule has 3 heterocycles. The fourth-order valence-electron chi connectivity index (χ4n) is 2.88. The van der Waals surface area contributed by atoms with Crippen molar-refractivity contribution >= 4 is 11.9 Å². The summed E-state index contributed by atoms with van der Waals surface area (Å²) in [5.74, 6) is -0.363. The highest BCUT2D eigenvalue weighted by atomic mass is 19.4. The van der Waals surface area contributed by atoms with Crippen molar-refractivity contribution in [3.63, 3.8) is 0 Å². The summed E-state index contributed by atoms with van der Waals surface area (Å²) in [6.07, 6.45) is 2.48. The second-order valence-electron chi connectivity index (χ2n) is 7.13. The Hall–Kier alpha value is -2.69. The first-order valence-electron chi connectivity index (χ1n) is 9.10. The zero-order valence-corrected chi connectivity index (χ0v) is 16.5. The SMILES string of the molecule is CC(C)N(C)CC1CN(c2ncccn2)Cc2nccn2C1.O=C(O)C(F)(F)F. The number of fused-ring (bicyclic) bond motifs is 1. The van der Waals surface area contributed by atoms with E-state index in [1.54, 1.807) is 12.4 Å². The largest absolute Gasteiger partial charge is 0.490 e. The summed E-state index contributed by atoms with van der Waals surface area (Å²) in [5.41, 5.74) is 0. The summed E-state index contributed by atoms with van der Waals surface area (Å²) in [7, 11) is 2.19. The van der Waals surface area contributed by atoms with Crippen molar-refractivity contribution in [2.24, 2.45) is 5.92 Å². The minimum absolute atomic E-state index is 0.520. The molecule has 160 valence electrons. The number of imidazole rings is 1. The van der Waals surface area contributed by atoms with Gasteiger partial charge in [-0.1, -0.05) is 0 Å². The van der Waals surface area contributed by atoms with Crippen molar-refractivity contribution < 1.29 is 23.1 Å². The summed E-state index contributed by atoms with van der Waals surface area (Å²) in [6.45, 7) is 8.23. The van der Waals surface area contributed by atoms with Gasteiger partial charge in [0.1, 0.15) is 5.82 Å². The van der Waals surface area contributed by atoms with Gasteiger partial charge >= 0.3 is 12.1 Å². The molecule has 2 aromatic heterocycles. The standard InChI is InChI=1S/C16H24N6.C2HF3O2/c1-13(2)20(3)9-14-10-21-8-7-17-15(21)12-22(11-14)16-18-5-4-6-19-16;3-2(4,5)1(6)7/h4-8,13-14H,9-12H2,1-3H3;(H,6,7). The lowest BCUT2D eigenvalue weighted by atomic mass is 10.1.